The van der Waals surface area contributed by atoms with E-state index in [1.54, 1.807) is 41.8 Å². The van der Waals surface area contributed by atoms with Crippen LogP contribution in [0.4, 0.5) is 5.69 Å². The van der Waals surface area contributed by atoms with Crippen LogP contribution < -0.4 is 14.9 Å². The number of hydrazine groups is 1. The van der Waals surface area contributed by atoms with Gasteiger partial charge in [0, 0.05) is 12.1 Å². The van der Waals surface area contributed by atoms with Crippen molar-refractivity contribution >= 4 is 63.2 Å². The molecule has 1 fully saturated rings. The first-order chi connectivity index (χ1) is 16.4. The number of thioether (sulfide) groups is 1. The van der Waals surface area contributed by atoms with Crippen LogP contribution in [0.25, 0.3) is 6.08 Å². The third-order valence-electron chi connectivity index (χ3n) is 4.38. The summed E-state index contributed by atoms with van der Waals surface area (Å²) in [6.45, 7) is 0. The number of hydrogen-bond acceptors (Lipinski definition) is 10. The average Bonchev–Trinajstić information content (AvgIpc) is 3.45. The molecular formula is C21H14N4O6S3. The number of ether oxygens (including phenoxy) is 2. The van der Waals surface area contributed by atoms with Crippen molar-refractivity contribution in [1.82, 2.24) is 15.4 Å². The van der Waals surface area contributed by atoms with E-state index < -0.39 is 16.7 Å². The van der Waals surface area contributed by atoms with E-state index in [4.69, 9.17) is 21.7 Å². The van der Waals surface area contributed by atoms with Gasteiger partial charge in [-0.15, -0.1) is 11.3 Å². The number of nitrogens with zero attached hydrogens (tertiary/aromatic N) is 3. The quantitative estimate of drug-likeness (QED) is 0.211. The Labute approximate surface area is 206 Å². The van der Waals surface area contributed by atoms with E-state index in [-0.39, 0.29) is 15.9 Å². The Morgan fingerprint density at radius 3 is 2.74 bits per heavy atom. The van der Waals surface area contributed by atoms with Crippen molar-refractivity contribution in [2.45, 2.75) is 0 Å². The predicted octanol–water partition coefficient (Wildman–Crippen LogP) is 4.40. The van der Waals surface area contributed by atoms with Gasteiger partial charge < -0.3 is 9.47 Å². The van der Waals surface area contributed by atoms with Crippen LogP contribution in [0.2, 0.25) is 0 Å². The third-order valence-corrected chi connectivity index (χ3v) is 6.55. The number of thiocarbonyl (C=S) groups is 1. The minimum Gasteiger partial charge on any atom is -0.493 e. The molecule has 4 rings (SSSR count). The fourth-order valence-corrected chi connectivity index (χ4v) is 4.58. The second-order valence-corrected chi connectivity index (χ2v) is 9.18. The molecule has 3 aromatic rings. The SMILES string of the molecule is COc1cc(/C=C2/SC(=S)N(NC(=O)c3cccs3)C2=O)ccc1Oc1ccc([N+](=O)[O-])cn1. The maximum absolute atomic E-state index is 12.8. The van der Waals surface area contributed by atoms with Crippen LogP contribution in [0.3, 0.4) is 0 Å². The molecule has 10 nitrogen and oxygen atoms in total. The first-order valence-corrected chi connectivity index (χ1v) is 11.5. The van der Waals surface area contributed by atoms with Gasteiger partial charge in [0.05, 0.1) is 21.8 Å². The zero-order valence-electron chi connectivity index (χ0n) is 17.3. The van der Waals surface area contributed by atoms with Gasteiger partial charge in [0.25, 0.3) is 17.5 Å². The molecule has 0 spiro atoms. The Morgan fingerprint density at radius 1 is 1.26 bits per heavy atom. The molecule has 0 saturated carbocycles. The largest absolute Gasteiger partial charge is 0.493 e. The minimum atomic E-state index is -0.553. The lowest BCUT2D eigenvalue weighted by Gasteiger charge is -2.14. The van der Waals surface area contributed by atoms with Gasteiger partial charge in [-0.3, -0.25) is 25.1 Å². The van der Waals surface area contributed by atoms with Crippen LogP contribution in [-0.4, -0.2) is 38.2 Å². The zero-order chi connectivity index (χ0) is 24.2. The van der Waals surface area contributed by atoms with Gasteiger partial charge in [-0.05, 0) is 47.4 Å². The lowest BCUT2D eigenvalue weighted by molar-refractivity contribution is -0.385. The number of rotatable bonds is 7. The van der Waals surface area contributed by atoms with Crippen molar-refractivity contribution < 1.29 is 24.0 Å². The lowest BCUT2D eigenvalue weighted by Crippen LogP contribution is -2.44. The van der Waals surface area contributed by atoms with Gasteiger partial charge in [0.1, 0.15) is 6.20 Å². The molecule has 0 radical (unpaired) electrons. The Morgan fingerprint density at radius 2 is 2.09 bits per heavy atom. The molecule has 0 bridgehead atoms. The maximum Gasteiger partial charge on any atom is 0.287 e. The van der Waals surface area contributed by atoms with E-state index in [1.807, 2.05) is 0 Å². The Balaban J connectivity index is 1.50. The standard InChI is InChI=1S/C21H14N4O6S3/c1-30-15-9-12(4-6-14(15)31-18-7-5-13(11-22-18)25(28)29)10-17-20(27)24(21(32)34-17)23-19(26)16-3-2-8-33-16/h2-11H,1H3,(H,23,26)/b17-10+. The maximum atomic E-state index is 12.8. The summed E-state index contributed by atoms with van der Waals surface area (Å²) in [7, 11) is 1.45. The fourth-order valence-electron chi connectivity index (χ4n) is 2.79. The first-order valence-electron chi connectivity index (χ1n) is 9.44. The molecule has 3 heterocycles. The summed E-state index contributed by atoms with van der Waals surface area (Å²) in [4.78, 5) is 40.0. The van der Waals surface area contributed by atoms with Crippen LogP contribution in [-0.2, 0) is 4.79 Å². The summed E-state index contributed by atoms with van der Waals surface area (Å²) in [5, 5.41) is 13.6. The molecule has 1 saturated heterocycles. The third kappa shape index (κ3) is 5.06. The van der Waals surface area contributed by atoms with E-state index in [0.29, 0.717) is 26.8 Å². The highest BCUT2D eigenvalue weighted by molar-refractivity contribution is 8.26. The van der Waals surface area contributed by atoms with Crippen molar-refractivity contribution in [3.8, 4) is 17.4 Å². The summed E-state index contributed by atoms with van der Waals surface area (Å²) in [6, 6.07) is 11.0. The van der Waals surface area contributed by atoms with E-state index in [0.717, 1.165) is 23.0 Å². The lowest BCUT2D eigenvalue weighted by atomic mass is 10.2. The summed E-state index contributed by atoms with van der Waals surface area (Å²) >= 11 is 7.56. The zero-order valence-corrected chi connectivity index (χ0v) is 19.7. The molecule has 0 atom stereocenters. The van der Waals surface area contributed by atoms with Crippen molar-refractivity contribution in [2.75, 3.05) is 7.11 Å². The molecule has 1 aliphatic heterocycles. The number of hydrogen-bond donors (Lipinski definition) is 1. The summed E-state index contributed by atoms with van der Waals surface area (Å²) in [5.74, 6) is -0.0315. The monoisotopic (exact) mass is 514 g/mol. The van der Waals surface area contributed by atoms with Crippen LogP contribution in [0, 0.1) is 10.1 Å². The molecule has 2 amide bonds. The normalized spacial score (nSPS) is 14.4. The molecule has 2 aromatic heterocycles. The molecule has 1 aromatic carbocycles. The van der Waals surface area contributed by atoms with Crippen molar-refractivity contribution in [2.24, 2.45) is 0 Å². The summed E-state index contributed by atoms with van der Waals surface area (Å²) in [5.41, 5.74) is 3.00. The van der Waals surface area contributed by atoms with Gasteiger partial charge in [0.2, 0.25) is 5.88 Å². The number of methoxy groups -OCH3 is 1. The van der Waals surface area contributed by atoms with Crippen LogP contribution in [0.1, 0.15) is 15.2 Å². The van der Waals surface area contributed by atoms with Crippen LogP contribution >= 0.6 is 35.3 Å². The highest BCUT2D eigenvalue weighted by atomic mass is 32.2. The minimum absolute atomic E-state index is 0.152. The van der Waals surface area contributed by atoms with Gasteiger partial charge >= 0.3 is 0 Å². The number of carbonyl (C=O) groups is 2. The molecule has 1 N–H and O–H groups in total. The molecule has 34 heavy (non-hydrogen) atoms. The molecule has 0 aliphatic carbocycles. The predicted molar refractivity (Wildman–Crippen MR) is 131 cm³/mol. The number of thiophene rings is 1. The van der Waals surface area contributed by atoms with Gasteiger partial charge in [-0.25, -0.2) is 4.98 Å². The van der Waals surface area contributed by atoms with E-state index in [1.165, 1.54) is 30.6 Å². The van der Waals surface area contributed by atoms with Gasteiger partial charge in [-0.1, -0.05) is 23.9 Å². The van der Waals surface area contributed by atoms with Crippen molar-refractivity contribution in [3.63, 3.8) is 0 Å². The second kappa shape index (κ2) is 9.99. The molecular weight excluding hydrogens is 500 g/mol. The molecule has 13 heteroatoms. The Bertz CT molecular complexity index is 1310. The Hall–Kier alpha value is -3.81. The van der Waals surface area contributed by atoms with E-state index >= 15 is 0 Å². The van der Waals surface area contributed by atoms with E-state index in [2.05, 4.69) is 10.4 Å². The first kappa shape index (κ1) is 23.4. The topological polar surface area (TPSA) is 124 Å². The highest BCUT2D eigenvalue weighted by Crippen LogP contribution is 2.35. The number of amides is 2. The molecule has 172 valence electrons. The van der Waals surface area contributed by atoms with Crippen molar-refractivity contribution in [3.05, 3.63) is 79.5 Å². The number of nitrogens with one attached hydrogen (secondary N) is 1. The number of carbonyl (C=O) groups excluding carboxylic acids is 2. The average molecular weight is 515 g/mol. The summed E-state index contributed by atoms with van der Waals surface area (Å²) in [6.07, 6.45) is 2.71. The van der Waals surface area contributed by atoms with Gasteiger partial charge in [-0.2, -0.15) is 5.01 Å². The van der Waals surface area contributed by atoms with Gasteiger partial charge in [0.15, 0.2) is 15.8 Å². The number of nitro groups is 1. The van der Waals surface area contributed by atoms with Crippen LogP contribution in [0.5, 0.6) is 17.4 Å². The van der Waals surface area contributed by atoms with E-state index in [9.17, 15) is 19.7 Å². The second-order valence-electron chi connectivity index (χ2n) is 6.56. The number of aromatic nitrogens is 1. The van der Waals surface area contributed by atoms with Crippen molar-refractivity contribution in [1.29, 1.82) is 0 Å². The fraction of sp³-hybridized carbons (Fsp3) is 0.0476. The molecule has 1 aliphatic rings. The number of benzene rings is 1. The molecule has 0 unspecified atom stereocenters. The number of pyridine rings is 1. The Kier molecular flexibility index (Phi) is 6.86. The summed E-state index contributed by atoms with van der Waals surface area (Å²) < 4.78 is 11.2. The highest BCUT2D eigenvalue weighted by Gasteiger charge is 2.34. The van der Waals surface area contributed by atoms with Crippen LogP contribution in [0.15, 0.2) is 58.9 Å². The smallest absolute Gasteiger partial charge is 0.287 e.